The number of aliphatic carboxylic acids is 1. The number of alkyl halides is 3. The van der Waals surface area contributed by atoms with Gasteiger partial charge in [0, 0.05) is 12.1 Å². The van der Waals surface area contributed by atoms with Crippen molar-refractivity contribution in [2.24, 2.45) is 0 Å². The highest BCUT2D eigenvalue weighted by Gasteiger charge is 2.30. The van der Waals surface area contributed by atoms with Crippen LogP contribution in [0.4, 0.5) is 18.9 Å². The summed E-state index contributed by atoms with van der Waals surface area (Å²) in [6.07, 6.45) is -3.65. The maximum atomic E-state index is 12.7. The molecule has 0 spiro atoms. The zero-order valence-corrected chi connectivity index (χ0v) is 19.6. The number of benzene rings is 3. The van der Waals surface area contributed by atoms with E-state index in [2.05, 4.69) is 5.32 Å². The Balaban J connectivity index is 1.55. The quantitative estimate of drug-likeness (QED) is 0.382. The Morgan fingerprint density at radius 1 is 0.914 bits per heavy atom. The Morgan fingerprint density at radius 3 is 2.00 bits per heavy atom. The van der Waals surface area contributed by atoms with Crippen LogP contribution in [0, 0.1) is 6.92 Å². The summed E-state index contributed by atoms with van der Waals surface area (Å²) in [7, 11) is 0. The summed E-state index contributed by atoms with van der Waals surface area (Å²) in [6.45, 7) is 4.77. The Hall–Kier alpha value is -3.81. The molecule has 0 bridgehead atoms. The minimum absolute atomic E-state index is 0.183. The number of ether oxygens (including phenoxy) is 1. The summed E-state index contributed by atoms with van der Waals surface area (Å²) in [5.74, 6) is -0.777. The summed E-state index contributed by atoms with van der Waals surface area (Å²) < 4.78 is 43.8. The number of carbonyl (C=O) groups excluding carboxylic acids is 1. The van der Waals surface area contributed by atoms with Crippen molar-refractivity contribution >= 4 is 17.6 Å². The first-order valence-electron chi connectivity index (χ1n) is 10.9. The average molecular weight is 486 g/mol. The molecule has 35 heavy (non-hydrogen) atoms. The van der Waals surface area contributed by atoms with Gasteiger partial charge in [0.25, 0.3) is 0 Å². The van der Waals surface area contributed by atoms with Gasteiger partial charge in [-0.15, -0.1) is 0 Å². The first-order chi connectivity index (χ1) is 16.3. The molecule has 0 atom stereocenters. The summed E-state index contributed by atoms with van der Waals surface area (Å²) in [6, 6.07) is 17.1. The van der Waals surface area contributed by atoms with Crippen LogP contribution < -0.4 is 10.1 Å². The highest BCUT2D eigenvalue weighted by Crippen LogP contribution is 2.31. The molecule has 0 aliphatic carbocycles. The standard InChI is InChI=1S/C27H26F3NO4/c1-17-16-18(4-14-23(17)35-26(2,3)25(33)34)5-15-24(32)31-22-12-8-20(9-13-22)19-6-10-21(11-7-19)27(28,29)30/h4,6-14,16H,5,15H2,1-3H3,(H,31,32)(H,33,34). The SMILES string of the molecule is Cc1cc(CCC(=O)Nc2ccc(-c3ccc(C(F)(F)F)cc3)cc2)ccc1OC(C)(C)C(=O)O. The van der Waals surface area contributed by atoms with Crippen molar-refractivity contribution in [1.29, 1.82) is 0 Å². The number of rotatable bonds is 8. The van der Waals surface area contributed by atoms with E-state index in [1.165, 1.54) is 26.0 Å². The van der Waals surface area contributed by atoms with Crippen molar-refractivity contribution in [2.75, 3.05) is 5.32 Å². The van der Waals surface area contributed by atoms with E-state index < -0.39 is 23.3 Å². The summed E-state index contributed by atoms with van der Waals surface area (Å²) in [5, 5.41) is 12.0. The van der Waals surface area contributed by atoms with E-state index in [9.17, 15) is 27.9 Å². The first-order valence-corrected chi connectivity index (χ1v) is 10.9. The van der Waals surface area contributed by atoms with Gasteiger partial charge in [-0.25, -0.2) is 4.79 Å². The van der Waals surface area contributed by atoms with Crippen molar-refractivity contribution in [3.05, 3.63) is 83.4 Å². The van der Waals surface area contributed by atoms with Crippen LogP contribution in [-0.4, -0.2) is 22.6 Å². The van der Waals surface area contributed by atoms with Crippen LogP contribution in [0.1, 0.15) is 37.0 Å². The number of hydrogen-bond acceptors (Lipinski definition) is 3. The van der Waals surface area contributed by atoms with E-state index in [1.54, 1.807) is 36.4 Å². The molecule has 0 saturated carbocycles. The molecular formula is C27H26F3NO4. The van der Waals surface area contributed by atoms with Crippen molar-refractivity contribution < 1.29 is 32.6 Å². The Morgan fingerprint density at radius 2 is 1.49 bits per heavy atom. The van der Waals surface area contributed by atoms with E-state index in [0.717, 1.165) is 28.8 Å². The van der Waals surface area contributed by atoms with Crippen LogP contribution in [0.3, 0.4) is 0 Å². The Labute approximate surface area is 201 Å². The molecule has 3 rings (SSSR count). The maximum Gasteiger partial charge on any atom is 0.416 e. The lowest BCUT2D eigenvalue weighted by Gasteiger charge is -2.23. The topological polar surface area (TPSA) is 75.6 Å². The summed E-state index contributed by atoms with van der Waals surface area (Å²) in [4.78, 5) is 23.6. The molecule has 3 aromatic carbocycles. The molecule has 0 heterocycles. The fourth-order valence-electron chi connectivity index (χ4n) is 3.38. The number of nitrogens with one attached hydrogen (secondary N) is 1. The van der Waals surface area contributed by atoms with Gasteiger partial charge in [-0.3, -0.25) is 4.79 Å². The number of amides is 1. The zero-order chi connectivity index (χ0) is 25.8. The fraction of sp³-hybridized carbons (Fsp3) is 0.259. The van der Waals surface area contributed by atoms with Gasteiger partial charge >= 0.3 is 12.1 Å². The average Bonchev–Trinajstić information content (AvgIpc) is 2.79. The van der Waals surface area contributed by atoms with Crippen molar-refractivity contribution in [3.8, 4) is 16.9 Å². The molecule has 0 unspecified atom stereocenters. The lowest BCUT2D eigenvalue weighted by atomic mass is 10.0. The van der Waals surface area contributed by atoms with Gasteiger partial charge in [-0.05, 0) is 79.8 Å². The lowest BCUT2D eigenvalue weighted by molar-refractivity contribution is -0.152. The van der Waals surface area contributed by atoms with Gasteiger partial charge in [0.05, 0.1) is 5.56 Å². The van der Waals surface area contributed by atoms with E-state index in [1.807, 2.05) is 13.0 Å². The van der Waals surface area contributed by atoms with E-state index in [4.69, 9.17) is 4.74 Å². The second kappa shape index (κ2) is 10.2. The highest BCUT2D eigenvalue weighted by atomic mass is 19.4. The number of anilines is 1. The number of carbonyl (C=O) groups is 2. The van der Waals surface area contributed by atoms with Gasteiger partial charge in [-0.2, -0.15) is 13.2 Å². The lowest BCUT2D eigenvalue weighted by Crippen LogP contribution is -2.38. The van der Waals surface area contributed by atoms with Crippen LogP contribution in [-0.2, 0) is 22.2 Å². The number of halogens is 3. The van der Waals surface area contributed by atoms with Gasteiger partial charge in [-0.1, -0.05) is 36.4 Å². The zero-order valence-electron chi connectivity index (χ0n) is 19.6. The molecule has 0 aromatic heterocycles. The first kappa shape index (κ1) is 25.8. The van der Waals surface area contributed by atoms with Gasteiger partial charge in [0.1, 0.15) is 5.75 Å². The molecular weight excluding hydrogens is 459 g/mol. The molecule has 0 aliphatic rings. The van der Waals surface area contributed by atoms with E-state index >= 15 is 0 Å². The van der Waals surface area contributed by atoms with Crippen LogP contribution >= 0.6 is 0 Å². The van der Waals surface area contributed by atoms with Crippen molar-refractivity contribution in [3.63, 3.8) is 0 Å². The van der Waals surface area contributed by atoms with Crippen LogP contribution in [0.15, 0.2) is 66.7 Å². The largest absolute Gasteiger partial charge is 0.478 e. The summed E-state index contributed by atoms with van der Waals surface area (Å²) in [5.41, 5.74) is 1.60. The second-order valence-corrected chi connectivity index (χ2v) is 8.72. The highest BCUT2D eigenvalue weighted by molar-refractivity contribution is 5.91. The molecule has 0 saturated heterocycles. The van der Waals surface area contributed by atoms with Crippen molar-refractivity contribution in [2.45, 2.75) is 45.4 Å². The second-order valence-electron chi connectivity index (χ2n) is 8.72. The molecule has 3 aromatic rings. The van der Waals surface area contributed by atoms with Crippen molar-refractivity contribution in [1.82, 2.24) is 0 Å². The van der Waals surface area contributed by atoms with Crippen LogP contribution in [0.2, 0.25) is 0 Å². The minimum atomic E-state index is -4.38. The molecule has 2 N–H and O–H groups in total. The third kappa shape index (κ3) is 6.85. The monoisotopic (exact) mass is 485 g/mol. The normalized spacial score (nSPS) is 11.7. The number of carboxylic acids is 1. The predicted molar refractivity (Wildman–Crippen MR) is 127 cm³/mol. The fourth-order valence-corrected chi connectivity index (χ4v) is 3.38. The third-order valence-electron chi connectivity index (χ3n) is 5.47. The summed E-state index contributed by atoms with van der Waals surface area (Å²) >= 11 is 0. The molecule has 0 radical (unpaired) electrons. The molecule has 5 nitrogen and oxygen atoms in total. The van der Waals surface area contributed by atoms with Gasteiger partial charge in [0.2, 0.25) is 5.91 Å². The molecule has 0 aliphatic heterocycles. The number of aryl methyl sites for hydroxylation is 2. The van der Waals surface area contributed by atoms with Crippen LogP contribution in [0.25, 0.3) is 11.1 Å². The minimum Gasteiger partial charge on any atom is -0.478 e. The predicted octanol–water partition coefficient (Wildman–Crippen LogP) is 6.49. The smallest absolute Gasteiger partial charge is 0.416 e. The van der Waals surface area contributed by atoms with E-state index in [-0.39, 0.29) is 12.3 Å². The molecule has 8 heteroatoms. The molecule has 184 valence electrons. The molecule has 0 fully saturated rings. The number of hydrogen-bond donors (Lipinski definition) is 2. The van der Waals surface area contributed by atoms with Crippen LogP contribution in [0.5, 0.6) is 5.75 Å². The Bertz CT molecular complexity index is 1200. The maximum absolute atomic E-state index is 12.7. The Kier molecular flexibility index (Phi) is 7.53. The third-order valence-corrected chi connectivity index (χ3v) is 5.47. The van der Waals surface area contributed by atoms with Gasteiger partial charge in [0.15, 0.2) is 5.60 Å². The van der Waals surface area contributed by atoms with Gasteiger partial charge < -0.3 is 15.2 Å². The molecule has 1 amide bonds. The number of carboxylic acid groups (broad SMARTS) is 1. The van der Waals surface area contributed by atoms with E-state index in [0.29, 0.717) is 23.4 Å².